The number of piperazine rings is 1. The first-order chi connectivity index (χ1) is 22.2. The molecule has 2 aliphatic rings. The summed E-state index contributed by atoms with van der Waals surface area (Å²) in [5, 5.41) is 17.8. The second-order valence-corrected chi connectivity index (χ2v) is 11.4. The van der Waals surface area contributed by atoms with Gasteiger partial charge in [0.1, 0.15) is 23.8 Å². The van der Waals surface area contributed by atoms with Gasteiger partial charge >= 0.3 is 6.03 Å². The number of urea groups is 1. The number of nitrogens with zero attached hydrogens (tertiary/aromatic N) is 4. The molecule has 10 nitrogen and oxygen atoms in total. The van der Waals surface area contributed by atoms with Gasteiger partial charge in [-0.25, -0.2) is 14.2 Å². The highest BCUT2D eigenvalue weighted by molar-refractivity contribution is 5.92. The van der Waals surface area contributed by atoms with Crippen molar-refractivity contribution in [2.24, 2.45) is 0 Å². The molecule has 4 aromatic rings. The number of benzene rings is 4. The molecule has 2 fully saturated rings. The van der Waals surface area contributed by atoms with Crippen molar-refractivity contribution in [3.63, 3.8) is 0 Å². The molecule has 2 heterocycles. The molecule has 4 aromatic carbocycles. The van der Waals surface area contributed by atoms with Gasteiger partial charge in [-0.1, -0.05) is 66.6 Å². The lowest BCUT2D eigenvalue weighted by molar-refractivity contribution is -0.157. The number of halogens is 1. The maximum atomic E-state index is 14.2. The highest BCUT2D eigenvalue weighted by atomic mass is 19.1. The average Bonchev–Trinajstić information content (AvgIpc) is 3.38. The summed E-state index contributed by atoms with van der Waals surface area (Å²) < 4.78 is 13.4. The van der Waals surface area contributed by atoms with E-state index in [2.05, 4.69) is 11.2 Å². The number of hydrogen-bond donors (Lipinski definition) is 3. The van der Waals surface area contributed by atoms with Crippen LogP contribution >= 0.6 is 0 Å². The number of fused-ring (bicyclic) bond motifs is 2. The van der Waals surface area contributed by atoms with Crippen molar-refractivity contribution < 1.29 is 23.9 Å². The first-order valence-electron chi connectivity index (χ1n) is 14.9. The van der Waals surface area contributed by atoms with Crippen molar-refractivity contribution in [1.82, 2.24) is 25.1 Å². The van der Waals surface area contributed by atoms with Crippen LogP contribution in [-0.4, -0.2) is 74.6 Å². The van der Waals surface area contributed by atoms with Crippen molar-refractivity contribution in [3.05, 3.63) is 107 Å². The molecule has 4 amide bonds. The van der Waals surface area contributed by atoms with Gasteiger partial charge in [0.25, 0.3) is 0 Å². The summed E-state index contributed by atoms with van der Waals surface area (Å²) in [6.07, 6.45) is 5.15. The minimum atomic E-state index is -0.898. The van der Waals surface area contributed by atoms with E-state index in [-0.39, 0.29) is 68.2 Å². The molecule has 4 N–H and O–H groups in total. The summed E-state index contributed by atoms with van der Waals surface area (Å²) in [6, 6.07) is 22.9. The van der Waals surface area contributed by atoms with E-state index < -0.39 is 18.2 Å². The van der Waals surface area contributed by atoms with E-state index in [1.807, 2.05) is 42.5 Å². The highest BCUT2D eigenvalue weighted by Gasteiger charge is 2.52. The quantitative estimate of drug-likeness (QED) is 0.158. The highest BCUT2D eigenvalue weighted by Crippen LogP contribution is 2.32. The lowest BCUT2D eigenvalue weighted by atomic mass is 9.98. The maximum absolute atomic E-state index is 14.2. The van der Waals surface area contributed by atoms with Crippen LogP contribution in [0, 0.1) is 18.2 Å². The van der Waals surface area contributed by atoms with Crippen LogP contribution in [0.4, 0.5) is 14.9 Å². The van der Waals surface area contributed by atoms with Crippen LogP contribution in [-0.2, 0) is 29.1 Å². The molecule has 0 unspecified atom stereocenters. The number of hydrogen-bond acceptors (Lipinski definition) is 6. The number of hydrazine groups is 1. The van der Waals surface area contributed by atoms with Crippen LogP contribution in [0.3, 0.4) is 0 Å². The van der Waals surface area contributed by atoms with E-state index in [4.69, 9.17) is 12.2 Å². The van der Waals surface area contributed by atoms with Gasteiger partial charge in [0.15, 0.2) is 0 Å². The molecule has 0 aromatic heterocycles. The minimum Gasteiger partial charge on any atom is -0.506 e. The second-order valence-electron chi connectivity index (χ2n) is 11.4. The predicted molar refractivity (Wildman–Crippen MR) is 171 cm³/mol. The number of terminal acetylenes is 1. The number of rotatable bonds is 8. The number of aromatic hydroxyl groups is 1. The molecule has 0 aliphatic carbocycles. The molecule has 2 atom stereocenters. The Balaban J connectivity index is 1.32. The molecule has 2 saturated heterocycles. The van der Waals surface area contributed by atoms with E-state index in [0.29, 0.717) is 11.1 Å². The summed E-state index contributed by atoms with van der Waals surface area (Å²) in [4.78, 5) is 44.7. The molecule has 46 heavy (non-hydrogen) atoms. The topological polar surface area (TPSA) is 122 Å². The van der Waals surface area contributed by atoms with Crippen LogP contribution < -0.4 is 11.1 Å². The Kier molecular flexibility index (Phi) is 8.46. The number of nitrogen functional groups attached to an aromatic ring is 1. The molecule has 234 valence electrons. The Labute approximate surface area is 265 Å². The fraction of sp³-hybridized carbons (Fsp3) is 0.229. The normalized spacial score (nSPS) is 18.0. The van der Waals surface area contributed by atoms with Crippen molar-refractivity contribution >= 4 is 34.3 Å². The number of nitrogens with one attached hydrogen (secondary N) is 1. The van der Waals surface area contributed by atoms with Gasteiger partial charge in [-0.15, -0.1) is 6.42 Å². The van der Waals surface area contributed by atoms with Gasteiger partial charge in [0, 0.05) is 19.5 Å². The number of nitrogens with two attached hydrogens (primary N) is 1. The molecule has 11 heteroatoms. The van der Waals surface area contributed by atoms with Crippen molar-refractivity contribution in [2.75, 3.05) is 25.4 Å². The van der Waals surface area contributed by atoms with E-state index in [9.17, 15) is 23.9 Å². The Hall–Kier alpha value is -5.60. The lowest BCUT2D eigenvalue weighted by Crippen LogP contribution is -2.66. The number of carbonyl (C=O) groups excluding carboxylic acids is 3. The van der Waals surface area contributed by atoms with E-state index >= 15 is 0 Å². The monoisotopic (exact) mass is 620 g/mol. The predicted octanol–water partition coefficient (Wildman–Crippen LogP) is 3.45. The molecular formula is C35H33FN6O4. The zero-order chi connectivity index (χ0) is 32.4. The third-order valence-electron chi connectivity index (χ3n) is 8.47. The van der Waals surface area contributed by atoms with Gasteiger partial charge < -0.3 is 26.0 Å². The SMILES string of the molecule is C#CCN(C(=O)NCc1ccc(F)cc1)N1CC(=O)N2[C@@H](Cc3ccc(O)c(N)c3)C(=O)N(Cc3cccc4ccccc34)C[C@@H]21. The Morgan fingerprint density at radius 2 is 1.78 bits per heavy atom. The zero-order valence-corrected chi connectivity index (χ0v) is 25.0. The number of phenolic OH excluding ortho intramolecular Hbond substituents is 1. The minimum absolute atomic E-state index is 0.0748. The van der Waals surface area contributed by atoms with Gasteiger partial charge in [-0.2, -0.15) is 5.01 Å². The molecule has 6 rings (SSSR count). The summed E-state index contributed by atoms with van der Waals surface area (Å²) in [5.74, 6) is 1.48. The Bertz CT molecular complexity index is 1840. The van der Waals surface area contributed by atoms with Crippen LogP contribution in [0.15, 0.2) is 84.9 Å². The van der Waals surface area contributed by atoms with Crippen LogP contribution in [0.5, 0.6) is 5.75 Å². The standard InChI is InChI=1S/C35H33FN6O4/c1-2-16-40(35(46)38-19-23-10-13-27(36)14-11-23)41-22-33(44)42-30(18-24-12-15-31(43)29(37)17-24)34(45)39(21-32(41)42)20-26-8-5-7-25-6-3-4-9-28(25)26/h1,3-15,17,30,32,43H,16,18-22,37H2,(H,38,46)/t30-,32+/m0/s1. The Morgan fingerprint density at radius 1 is 1.04 bits per heavy atom. The summed E-state index contributed by atoms with van der Waals surface area (Å²) >= 11 is 0. The van der Waals surface area contributed by atoms with E-state index in [0.717, 1.165) is 16.3 Å². The second kappa shape index (κ2) is 12.8. The largest absolute Gasteiger partial charge is 0.506 e. The fourth-order valence-electron chi connectivity index (χ4n) is 6.22. The molecule has 0 saturated carbocycles. The van der Waals surface area contributed by atoms with E-state index in [1.165, 1.54) is 28.1 Å². The number of phenols is 1. The summed E-state index contributed by atoms with van der Waals surface area (Å²) in [5.41, 5.74) is 8.43. The van der Waals surface area contributed by atoms with Crippen LogP contribution in [0.25, 0.3) is 10.8 Å². The van der Waals surface area contributed by atoms with Crippen molar-refractivity contribution in [3.8, 4) is 18.1 Å². The van der Waals surface area contributed by atoms with Gasteiger partial charge in [0.05, 0.1) is 25.3 Å². The van der Waals surface area contributed by atoms with Gasteiger partial charge in [0.2, 0.25) is 11.8 Å². The molecule has 2 aliphatic heterocycles. The third-order valence-corrected chi connectivity index (χ3v) is 8.47. The fourth-order valence-corrected chi connectivity index (χ4v) is 6.22. The van der Waals surface area contributed by atoms with Crippen molar-refractivity contribution in [1.29, 1.82) is 0 Å². The summed E-state index contributed by atoms with van der Waals surface area (Å²) in [6.45, 7) is 0.247. The molecule has 0 radical (unpaired) electrons. The van der Waals surface area contributed by atoms with Crippen LogP contribution in [0.1, 0.15) is 16.7 Å². The number of carbonyl (C=O) groups is 3. The smallest absolute Gasteiger partial charge is 0.333 e. The molecule has 0 spiro atoms. The third kappa shape index (κ3) is 6.03. The van der Waals surface area contributed by atoms with Gasteiger partial charge in [-0.3, -0.25) is 9.59 Å². The van der Waals surface area contributed by atoms with Crippen molar-refractivity contribution in [2.45, 2.75) is 31.7 Å². The summed E-state index contributed by atoms with van der Waals surface area (Å²) in [7, 11) is 0. The van der Waals surface area contributed by atoms with E-state index in [1.54, 1.807) is 34.2 Å². The molecule has 0 bridgehead atoms. The first-order valence-corrected chi connectivity index (χ1v) is 14.9. The number of amides is 4. The van der Waals surface area contributed by atoms with Crippen LogP contribution in [0.2, 0.25) is 0 Å². The lowest BCUT2D eigenvalue weighted by Gasteiger charge is -2.46. The average molecular weight is 621 g/mol. The molecular weight excluding hydrogens is 587 g/mol. The zero-order valence-electron chi connectivity index (χ0n) is 25.0. The first kappa shape index (κ1) is 30.4. The van der Waals surface area contributed by atoms with Gasteiger partial charge in [-0.05, 0) is 51.7 Å². The Morgan fingerprint density at radius 3 is 2.54 bits per heavy atom. The maximum Gasteiger partial charge on any atom is 0.333 e. The number of anilines is 1.